The Labute approximate surface area is 124 Å². The molecule has 0 radical (unpaired) electrons. The van der Waals surface area contributed by atoms with Gasteiger partial charge in [0.2, 0.25) is 0 Å². The van der Waals surface area contributed by atoms with E-state index in [1.807, 2.05) is 0 Å². The molecule has 0 amide bonds. The zero-order valence-corrected chi connectivity index (χ0v) is 11.7. The van der Waals surface area contributed by atoms with E-state index in [1.165, 1.54) is 12.1 Å². The molecule has 1 saturated heterocycles. The first kappa shape index (κ1) is 18.4. The van der Waals surface area contributed by atoms with Gasteiger partial charge < -0.3 is 15.5 Å². The third kappa shape index (κ3) is 6.40. The van der Waals surface area contributed by atoms with Gasteiger partial charge in [0.25, 0.3) is 0 Å². The highest BCUT2D eigenvalue weighted by Gasteiger charge is 2.38. The molecule has 1 aliphatic rings. The molecule has 0 bridgehead atoms. The first-order chi connectivity index (χ1) is 10.1. The molecule has 22 heavy (non-hydrogen) atoms. The maximum absolute atomic E-state index is 12.7. The van der Waals surface area contributed by atoms with E-state index in [2.05, 4.69) is 5.32 Å². The summed E-state index contributed by atoms with van der Waals surface area (Å²) < 4.78 is 44.4. The van der Waals surface area contributed by atoms with Gasteiger partial charge in [0, 0.05) is 13.0 Å². The summed E-state index contributed by atoms with van der Waals surface area (Å²) in [6.45, 7) is 1.61. The van der Waals surface area contributed by atoms with Crippen LogP contribution in [0.1, 0.15) is 18.4 Å². The highest BCUT2D eigenvalue weighted by molar-refractivity contribution is 5.73. The Morgan fingerprint density at radius 2 is 1.82 bits per heavy atom. The van der Waals surface area contributed by atoms with Crippen LogP contribution in [0.4, 0.5) is 17.6 Å². The lowest BCUT2D eigenvalue weighted by atomic mass is 9.87. The van der Waals surface area contributed by atoms with E-state index in [4.69, 9.17) is 9.90 Å². The molecule has 1 aromatic rings. The van der Waals surface area contributed by atoms with Crippen LogP contribution in [0.2, 0.25) is 0 Å². The Balaban J connectivity index is 0.000000295. The van der Waals surface area contributed by atoms with E-state index in [9.17, 15) is 22.7 Å². The lowest BCUT2D eigenvalue weighted by molar-refractivity contribution is -0.192. The van der Waals surface area contributed by atoms with Gasteiger partial charge in [-0.15, -0.1) is 0 Å². The van der Waals surface area contributed by atoms with E-state index in [0.717, 1.165) is 24.9 Å². The maximum Gasteiger partial charge on any atom is 0.490 e. The summed E-state index contributed by atoms with van der Waals surface area (Å²) in [5, 5.41) is 20.5. The summed E-state index contributed by atoms with van der Waals surface area (Å²) in [4.78, 5) is 8.90. The molecule has 1 fully saturated rings. The molecule has 4 nitrogen and oxygen atoms in total. The number of carboxylic acid groups (broad SMARTS) is 1. The summed E-state index contributed by atoms with van der Waals surface area (Å²) in [5.74, 6) is -2.99. The average molecular weight is 323 g/mol. The van der Waals surface area contributed by atoms with Crippen molar-refractivity contribution in [2.24, 2.45) is 0 Å². The fourth-order valence-electron chi connectivity index (χ4n) is 2.09. The van der Waals surface area contributed by atoms with Crippen LogP contribution in [0, 0.1) is 5.82 Å². The highest BCUT2D eigenvalue weighted by atomic mass is 19.4. The van der Waals surface area contributed by atoms with Crippen LogP contribution in [0.15, 0.2) is 24.3 Å². The summed E-state index contributed by atoms with van der Waals surface area (Å²) in [6.07, 6.45) is -2.67. The number of halogens is 4. The minimum Gasteiger partial charge on any atom is -0.475 e. The topological polar surface area (TPSA) is 69.6 Å². The zero-order chi connectivity index (χ0) is 16.8. The van der Waals surface area contributed by atoms with Gasteiger partial charge in [-0.05, 0) is 37.1 Å². The summed E-state index contributed by atoms with van der Waals surface area (Å²) in [5.41, 5.74) is 0.332. The summed E-state index contributed by atoms with van der Waals surface area (Å²) in [7, 11) is 0. The smallest absolute Gasteiger partial charge is 0.475 e. The number of β-amino-alcohol motifs (C(OH)–C–C–N with tert-alkyl or cyclic N) is 1. The Kier molecular flexibility index (Phi) is 6.31. The molecule has 3 N–H and O–H groups in total. The van der Waals surface area contributed by atoms with Crippen LogP contribution in [0.25, 0.3) is 0 Å². The number of nitrogens with one attached hydrogen (secondary N) is 1. The second-order valence-electron chi connectivity index (χ2n) is 5.11. The molecule has 0 aliphatic carbocycles. The number of hydrogen-bond donors (Lipinski definition) is 3. The molecule has 0 aromatic heterocycles. The predicted octanol–water partition coefficient (Wildman–Crippen LogP) is 2.12. The van der Waals surface area contributed by atoms with Crippen molar-refractivity contribution in [3.63, 3.8) is 0 Å². The highest BCUT2D eigenvalue weighted by Crippen LogP contribution is 2.21. The first-order valence-electron chi connectivity index (χ1n) is 6.60. The fourth-order valence-corrected chi connectivity index (χ4v) is 2.09. The standard InChI is InChI=1S/C12H16FNO.C2HF3O2/c13-11-4-2-10(3-5-11)8-12(15)6-1-7-14-9-12;3-2(4,5)1(6)7/h2-5,14-15H,1,6-9H2;(H,6,7). The Bertz CT molecular complexity index is 482. The minimum atomic E-state index is -5.08. The molecular weight excluding hydrogens is 306 g/mol. The number of hydrogen-bond acceptors (Lipinski definition) is 3. The molecule has 1 aromatic carbocycles. The van der Waals surface area contributed by atoms with E-state index in [0.29, 0.717) is 13.0 Å². The number of aliphatic hydroxyl groups is 1. The van der Waals surface area contributed by atoms with Crippen molar-refractivity contribution in [3.05, 3.63) is 35.6 Å². The molecule has 0 spiro atoms. The summed E-state index contributed by atoms with van der Waals surface area (Å²) >= 11 is 0. The predicted molar refractivity (Wildman–Crippen MR) is 70.8 cm³/mol. The Hall–Kier alpha value is -1.67. The van der Waals surface area contributed by atoms with Gasteiger partial charge in [0.05, 0.1) is 5.60 Å². The van der Waals surface area contributed by atoms with Crippen molar-refractivity contribution in [1.82, 2.24) is 5.32 Å². The van der Waals surface area contributed by atoms with Gasteiger partial charge in [-0.3, -0.25) is 0 Å². The van der Waals surface area contributed by atoms with Crippen molar-refractivity contribution in [3.8, 4) is 0 Å². The van der Waals surface area contributed by atoms with E-state index in [-0.39, 0.29) is 5.82 Å². The first-order valence-corrected chi connectivity index (χ1v) is 6.60. The number of carbonyl (C=O) groups is 1. The maximum atomic E-state index is 12.7. The van der Waals surface area contributed by atoms with Crippen LogP contribution in [-0.4, -0.2) is 41.0 Å². The largest absolute Gasteiger partial charge is 0.490 e. The van der Waals surface area contributed by atoms with Crippen molar-refractivity contribution < 1.29 is 32.6 Å². The normalized spacial score (nSPS) is 21.7. The number of carboxylic acids is 1. The van der Waals surface area contributed by atoms with Gasteiger partial charge in [-0.1, -0.05) is 12.1 Å². The molecule has 1 aliphatic heterocycles. The van der Waals surface area contributed by atoms with E-state index in [1.54, 1.807) is 12.1 Å². The van der Waals surface area contributed by atoms with Crippen molar-refractivity contribution in [2.75, 3.05) is 13.1 Å². The molecule has 2 rings (SSSR count). The van der Waals surface area contributed by atoms with E-state index >= 15 is 0 Å². The summed E-state index contributed by atoms with van der Waals surface area (Å²) in [6, 6.07) is 6.35. The molecule has 1 heterocycles. The number of benzene rings is 1. The molecule has 0 saturated carbocycles. The lowest BCUT2D eigenvalue weighted by Crippen LogP contribution is -2.47. The average Bonchev–Trinajstić information content (AvgIpc) is 2.41. The fraction of sp³-hybridized carbons (Fsp3) is 0.500. The SMILES string of the molecule is O=C(O)C(F)(F)F.OC1(Cc2ccc(F)cc2)CCCNC1. The number of rotatable bonds is 2. The van der Waals surface area contributed by atoms with Crippen LogP contribution in [0.5, 0.6) is 0 Å². The third-order valence-electron chi connectivity index (χ3n) is 3.14. The van der Waals surface area contributed by atoms with Gasteiger partial charge in [-0.2, -0.15) is 13.2 Å². The molecular formula is C14H17F4NO3. The van der Waals surface area contributed by atoms with Crippen LogP contribution < -0.4 is 5.32 Å². The van der Waals surface area contributed by atoms with Gasteiger partial charge in [0.15, 0.2) is 0 Å². The van der Waals surface area contributed by atoms with Crippen LogP contribution >= 0.6 is 0 Å². The van der Waals surface area contributed by atoms with Gasteiger partial charge in [0.1, 0.15) is 5.82 Å². The second-order valence-corrected chi connectivity index (χ2v) is 5.11. The number of aliphatic carboxylic acids is 1. The van der Waals surface area contributed by atoms with Crippen molar-refractivity contribution in [1.29, 1.82) is 0 Å². The second kappa shape index (κ2) is 7.55. The Morgan fingerprint density at radius 3 is 2.23 bits per heavy atom. The number of alkyl halides is 3. The molecule has 1 atom stereocenters. The van der Waals surface area contributed by atoms with Crippen LogP contribution in [0.3, 0.4) is 0 Å². The van der Waals surface area contributed by atoms with Crippen LogP contribution in [-0.2, 0) is 11.2 Å². The minimum absolute atomic E-state index is 0.229. The molecule has 124 valence electrons. The monoisotopic (exact) mass is 323 g/mol. The zero-order valence-electron chi connectivity index (χ0n) is 11.7. The van der Waals surface area contributed by atoms with Gasteiger partial charge >= 0.3 is 12.1 Å². The third-order valence-corrected chi connectivity index (χ3v) is 3.14. The van der Waals surface area contributed by atoms with Gasteiger partial charge in [-0.25, -0.2) is 9.18 Å². The molecule has 1 unspecified atom stereocenters. The van der Waals surface area contributed by atoms with Crippen molar-refractivity contribution >= 4 is 5.97 Å². The Morgan fingerprint density at radius 1 is 1.27 bits per heavy atom. The lowest BCUT2D eigenvalue weighted by Gasteiger charge is -2.32. The van der Waals surface area contributed by atoms with Crippen molar-refractivity contribution in [2.45, 2.75) is 31.0 Å². The quantitative estimate of drug-likeness (QED) is 0.729. The molecule has 8 heteroatoms. The van der Waals surface area contributed by atoms with E-state index < -0.39 is 17.7 Å². The number of piperidine rings is 1.